The summed E-state index contributed by atoms with van der Waals surface area (Å²) in [7, 11) is 0. The Bertz CT molecular complexity index is 683. The molecule has 0 spiro atoms. The lowest BCUT2D eigenvalue weighted by Gasteiger charge is -2.09. The van der Waals surface area contributed by atoms with Gasteiger partial charge in [-0.3, -0.25) is 4.79 Å². The molecule has 3 nitrogen and oxygen atoms in total. The van der Waals surface area contributed by atoms with Crippen LogP contribution in [0.4, 0.5) is 11.4 Å². The van der Waals surface area contributed by atoms with Crippen molar-refractivity contribution in [2.45, 2.75) is 27.2 Å². The summed E-state index contributed by atoms with van der Waals surface area (Å²) in [5.41, 5.74) is 5.20. The lowest BCUT2D eigenvalue weighted by Crippen LogP contribution is -2.16. The molecule has 0 fully saturated rings. The molecule has 0 heterocycles. The molecule has 0 bridgehead atoms. The number of nitrogens with one attached hydrogen (secondary N) is 2. The standard InChI is InChI=1S/C18H21ClN2O/c1-12-4-7-16(10-14(12)3)21-18(22)8-9-20-15-6-5-13(2)17(19)11-15/h4-7,10-11,20H,8-9H2,1-3H3,(H,21,22). The molecule has 0 aliphatic rings. The molecule has 0 unspecified atom stereocenters. The van der Waals surface area contributed by atoms with Crippen LogP contribution in [0, 0.1) is 20.8 Å². The lowest BCUT2D eigenvalue weighted by atomic mass is 10.1. The van der Waals surface area contributed by atoms with Crippen molar-refractivity contribution in [2.75, 3.05) is 17.2 Å². The molecular formula is C18H21ClN2O. The van der Waals surface area contributed by atoms with Gasteiger partial charge in [0, 0.05) is 29.4 Å². The summed E-state index contributed by atoms with van der Waals surface area (Å²) >= 11 is 6.07. The Hall–Kier alpha value is -2.00. The van der Waals surface area contributed by atoms with Crippen LogP contribution < -0.4 is 10.6 Å². The first-order valence-electron chi connectivity index (χ1n) is 7.33. The van der Waals surface area contributed by atoms with Gasteiger partial charge in [0.2, 0.25) is 5.91 Å². The van der Waals surface area contributed by atoms with E-state index in [0.29, 0.717) is 13.0 Å². The molecule has 2 N–H and O–H groups in total. The fourth-order valence-electron chi connectivity index (χ4n) is 2.07. The average molecular weight is 317 g/mol. The van der Waals surface area contributed by atoms with Gasteiger partial charge < -0.3 is 10.6 Å². The summed E-state index contributed by atoms with van der Waals surface area (Å²) in [6.07, 6.45) is 0.401. The van der Waals surface area contributed by atoms with Crippen molar-refractivity contribution in [3.05, 3.63) is 58.1 Å². The molecule has 0 saturated carbocycles. The lowest BCUT2D eigenvalue weighted by molar-refractivity contribution is -0.115. The quantitative estimate of drug-likeness (QED) is 0.839. The zero-order valence-electron chi connectivity index (χ0n) is 13.2. The number of hydrogen-bond donors (Lipinski definition) is 2. The Morgan fingerprint density at radius 3 is 2.32 bits per heavy atom. The van der Waals surface area contributed by atoms with Gasteiger partial charge >= 0.3 is 0 Å². The number of carbonyl (C=O) groups is 1. The molecule has 2 aromatic rings. The third-order valence-electron chi connectivity index (χ3n) is 3.64. The predicted octanol–water partition coefficient (Wildman–Crippen LogP) is 4.71. The second-order valence-electron chi connectivity index (χ2n) is 5.49. The summed E-state index contributed by atoms with van der Waals surface area (Å²) < 4.78 is 0. The number of carbonyl (C=O) groups excluding carboxylic acids is 1. The largest absolute Gasteiger partial charge is 0.384 e. The van der Waals surface area contributed by atoms with E-state index in [1.807, 2.05) is 50.2 Å². The third-order valence-corrected chi connectivity index (χ3v) is 4.05. The third kappa shape index (κ3) is 4.50. The van der Waals surface area contributed by atoms with Gasteiger partial charge in [0.25, 0.3) is 0 Å². The SMILES string of the molecule is Cc1ccc(NC(=O)CCNc2ccc(C)c(Cl)c2)cc1C. The Balaban J connectivity index is 1.82. The molecule has 0 aromatic heterocycles. The summed E-state index contributed by atoms with van der Waals surface area (Å²) in [5, 5.41) is 6.84. The van der Waals surface area contributed by atoms with Crippen LogP contribution in [0.5, 0.6) is 0 Å². The number of aryl methyl sites for hydroxylation is 3. The monoisotopic (exact) mass is 316 g/mol. The average Bonchev–Trinajstić information content (AvgIpc) is 2.47. The van der Waals surface area contributed by atoms with E-state index < -0.39 is 0 Å². The molecule has 0 aliphatic heterocycles. The highest BCUT2D eigenvalue weighted by molar-refractivity contribution is 6.31. The zero-order chi connectivity index (χ0) is 16.1. The van der Waals surface area contributed by atoms with E-state index in [1.165, 1.54) is 11.1 Å². The highest BCUT2D eigenvalue weighted by atomic mass is 35.5. The molecule has 2 aromatic carbocycles. The number of halogens is 1. The second kappa shape index (κ2) is 7.32. The van der Waals surface area contributed by atoms with Gasteiger partial charge in [-0.25, -0.2) is 0 Å². The zero-order valence-corrected chi connectivity index (χ0v) is 13.9. The van der Waals surface area contributed by atoms with Crippen LogP contribution in [0.3, 0.4) is 0 Å². The van der Waals surface area contributed by atoms with E-state index in [2.05, 4.69) is 17.6 Å². The molecule has 0 saturated heterocycles. The van der Waals surface area contributed by atoms with E-state index in [9.17, 15) is 4.79 Å². The van der Waals surface area contributed by atoms with Crippen molar-refractivity contribution in [1.82, 2.24) is 0 Å². The summed E-state index contributed by atoms with van der Waals surface area (Å²) in [6.45, 7) is 6.62. The number of benzene rings is 2. The molecule has 2 rings (SSSR count). The number of anilines is 2. The molecule has 0 aliphatic carbocycles. The number of rotatable bonds is 5. The molecular weight excluding hydrogens is 296 g/mol. The van der Waals surface area contributed by atoms with Crippen LogP contribution in [0.25, 0.3) is 0 Å². The van der Waals surface area contributed by atoms with Gasteiger partial charge in [-0.2, -0.15) is 0 Å². The van der Waals surface area contributed by atoms with Gasteiger partial charge in [0.15, 0.2) is 0 Å². The minimum atomic E-state index is -0.00559. The molecule has 4 heteroatoms. The van der Waals surface area contributed by atoms with Crippen molar-refractivity contribution in [3.8, 4) is 0 Å². The summed E-state index contributed by atoms with van der Waals surface area (Å²) in [6, 6.07) is 11.7. The molecule has 0 radical (unpaired) electrons. The van der Waals surface area contributed by atoms with Gasteiger partial charge in [0.1, 0.15) is 0 Å². The predicted molar refractivity (Wildman–Crippen MR) is 93.8 cm³/mol. The van der Waals surface area contributed by atoms with Crippen LogP contribution in [-0.4, -0.2) is 12.5 Å². The fourth-order valence-corrected chi connectivity index (χ4v) is 2.25. The first-order valence-corrected chi connectivity index (χ1v) is 7.70. The molecule has 22 heavy (non-hydrogen) atoms. The second-order valence-corrected chi connectivity index (χ2v) is 5.90. The topological polar surface area (TPSA) is 41.1 Å². The Morgan fingerprint density at radius 1 is 0.955 bits per heavy atom. The first kappa shape index (κ1) is 16.4. The van der Waals surface area contributed by atoms with Crippen molar-refractivity contribution >= 4 is 28.9 Å². The minimum Gasteiger partial charge on any atom is -0.384 e. The minimum absolute atomic E-state index is 0.00559. The van der Waals surface area contributed by atoms with E-state index >= 15 is 0 Å². The molecule has 116 valence electrons. The summed E-state index contributed by atoms with van der Waals surface area (Å²) in [5.74, 6) is -0.00559. The highest BCUT2D eigenvalue weighted by Gasteiger charge is 2.04. The van der Waals surface area contributed by atoms with Crippen LogP contribution in [0.15, 0.2) is 36.4 Å². The van der Waals surface area contributed by atoms with Crippen molar-refractivity contribution in [2.24, 2.45) is 0 Å². The van der Waals surface area contributed by atoms with Crippen LogP contribution in [0.1, 0.15) is 23.1 Å². The first-order chi connectivity index (χ1) is 10.5. The van der Waals surface area contributed by atoms with Crippen LogP contribution in [0.2, 0.25) is 5.02 Å². The highest BCUT2D eigenvalue weighted by Crippen LogP contribution is 2.20. The van der Waals surface area contributed by atoms with E-state index in [0.717, 1.165) is 22.0 Å². The van der Waals surface area contributed by atoms with E-state index in [4.69, 9.17) is 11.6 Å². The maximum atomic E-state index is 11.9. The van der Waals surface area contributed by atoms with E-state index in [-0.39, 0.29) is 5.91 Å². The maximum absolute atomic E-state index is 11.9. The summed E-state index contributed by atoms with van der Waals surface area (Å²) in [4.78, 5) is 11.9. The number of amides is 1. The van der Waals surface area contributed by atoms with Crippen molar-refractivity contribution in [1.29, 1.82) is 0 Å². The normalized spacial score (nSPS) is 10.4. The molecule has 1 amide bonds. The van der Waals surface area contributed by atoms with E-state index in [1.54, 1.807) is 0 Å². The van der Waals surface area contributed by atoms with Crippen molar-refractivity contribution < 1.29 is 4.79 Å². The number of hydrogen-bond acceptors (Lipinski definition) is 2. The van der Waals surface area contributed by atoms with Gasteiger partial charge in [-0.15, -0.1) is 0 Å². The Labute approximate surface area is 136 Å². The maximum Gasteiger partial charge on any atom is 0.226 e. The fraction of sp³-hybridized carbons (Fsp3) is 0.278. The van der Waals surface area contributed by atoms with Gasteiger partial charge in [-0.1, -0.05) is 23.7 Å². The van der Waals surface area contributed by atoms with Gasteiger partial charge in [0.05, 0.1) is 0 Å². The smallest absolute Gasteiger partial charge is 0.226 e. The van der Waals surface area contributed by atoms with Crippen molar-refractivity contribution in [3.63, 3.8) is 0 Å². The molecule has 0 atom stereocenters. The van der Waals surface area contributed by atoms with Gasteiger partial charge in [-0.05, 0) is 61.7 Å². The van der Waals surface area contributed by atoms with Crippen LogP contribution >= 0.6 is 11.6 Å². The Kier molecular flexibility index (Phi) is 5.45. The Morgan fingerprint density at radius 2 is 1.64 bits per heavy atom. The van der Waals surface area contributed by atoms with Crippen LogP contribution in [-0.2, 0) is 4.79 Å².